The van der Waals surface area contributed by atoms with Gasteiger partial charge in [0.1, 0.15) is 5.82 Å². The molecular weight excluding hydrogens is 282 g/mol. The summed E-state index contributed by atoms with van der Waals surface area (Å²) in [5, 5.41) is 13.5. The molecule has 2 heterocycles. The number of fused-ring (bicyclic) bond motifs is 1. The molecule has 0 aliphatic carbocycles. The summed E-state index contributed by atoms with van der Waals surface area (Å²) in [6.07, 6.45) is 2.46. The molecular formula is C15H21N5O2. The van der Waals surface area contributed by atoms with Crippen LogP contribution < -0.4 is 10.6 Å². The second kappa shape index (κ2) is 6.55. The van der Waals surface area contributed by atoms with E-state index in [2.05, 4.69) is 20.8 Å². The SMILES string of the molecule is CC(C)(C)C(=O)NCC(=O)NCCc1nnc2ccccn12. The van der Waals surface area contributed by atoms with Crippen molar-refractivity contribution in [3.63, 3.8) is 0 Å². The van der Waals surface area contributed by atoms with Crippen LogP contribution in [0.5, 0.6) is 0 Å². The Morgan fingerprint density at radius 1 is 1.18 bits per heavy atom. The maximum absolute atomic E-state index is 11.7. The van der Waals surface area contributed by atoms with Crippen LogP contribution in [-0.4, -0.2) is 39.5 Å². The molecule has 0 aliphatic heterocycles. The lowest BCUT2D eigenvalue weighted by molar-refractivity contribution is -0.131. The number of hydrogen-bond acceptors (Lipinski definition) is 4. The van der Waals surface area contributed by atoms with E-state index in [1.807, 2.05) is 28.8 Å². The summed E-state index contributed by atoms with van der Waals surface area (Å²) >= 11 is 0. The highest BCUT2D eigenvalue weighted by molar-refractivity contribution is 5.87. The monoisotopic (exact) mass is 303 g/mol. The number of rotatable bonds is 5. The molecule has 2 N–H and O–H groups in total. The summed E-state index contributed by atoms with van der Waals surface area (Å²) in [4.78, 5) is 23.4. The first kappa shape index (κ1) is 15.9. The summed E-state index contributed by atoms with van der Waals surface area (Å²) in [5.41, 5.74) is 0.280. The normalized spacial score (nSPS) is 11.4. The fraction of sp³-hybridized carbons (Fsp3) is 0.467. The van der Waals surface area contributed by atoms with Gasteiger partial charge in [0.15, 0.2) is 5.65 Å². The first-order valence-corrected chi connectivity index (χ1v) is 7.21. The quantitative estimate of drug-likeness (QED) is 0.844. The highest BCUT2D eigenvalue weighted by atomic mass is 16.2. The van der Waals surface area contributed by atoms with Gasteiger partial charge in [-0.15, -0.1) is 10.2 Å². The van der Waals surface area contributed by atoms with Gasteiger partial charge >= 0.3 is 0 Å². The van der Waals surface area contributed by atoms with E-state index in [0.717, 1.165) is 11.5 Å². The van der Waals surface area contributed by atoms with Crippen LogP contribution in [0.2, 0.25) is 0 Å². The molecule has 118 valence electrons. The number of nitrogens with one attached hydrogen (secondary N) is 2. The van der Waals surface area contributed by atoms with E-state index in [0.29, 0.717) is 13.0 Å². The van der Waals surface area contributed by atoms with E-state index in [9.17, 15) is 9.59 Å². The molecule has 0 fully saturated rings. The molecule has 0 unspecified atom stereocenters. The highest BCUT2D eigenvalue weighted by Crippen LogP contribution is 2.11. The molecule has 2 amide bonds. The van der Waals surface area contributed by atoms with Gasteiger partial charge in [-0.2, -0.15) is 0 Å². The molecule has 0 atom stereocenters. The van der Waals surface area contributed by atoms with E-state index in [1.165, 1.54) is 0 Å². The van der Waals surface area contributed by atoms with E-state index < -0.39 is 5.41 Å². The predicted octanol–water partition coefficient (Wildman–Crippen LogP) is 0.550. The molecule has 22 heavy (non-hydrogen) atoms. The van der Waals surface area contributed by atoms with Crippen molar-refractivity contribution in [3.8, 4) is 0 Å². The largest absolute Gasteiger partial charge is 0.354 e. The zero-order chi connectivity index (χ0) is 16.2. The number of aromatic nitrogens is 3. The van der Waals surface area contributed by atoms with Gasteiger partial charge in [0.05, 0.1) is 6.54 Å². The lowest BCUT2D eigenvalue weighted by atomic mass is 9.96. The Labute approximate surface area is 129 Å². The lowest BCUT2D eigenvalue weighted by Crippen LogP contribution is -2.42. The zero-order valence-corrected chi connectivity index (χ0v) is 13.1. The van der Waals surface area contributed by atoms with E-state index in [4.69, 9.17) is 0 Å². The number of carbonyl (C=O) groups is 2. The van der Waals surface area contributed by atoms with Crippen molar-refractivity contribution in [3.05, 3.63) is 30.2 Å². The van der Waals surface area contributed by atoms with Crippen LogP contribution in [0.15, 0.2) is 24.4 Å². The van der Waals surface area contributed by atoms with Crippen molar-refractivity contribution in [2.75, 3.05) is 13.1 Å². The minimum absolute atomic E-state index is 0.0172. The zero-order valence-electron chi connectivity index (χ0n) is 13.1. The third kappa shape index (κ3) is 4.03. The maximum atomic E-state index is 11.7. The third-order valence-electron chi connectivity index (χ3n) is 3.15. The van der Waals surface area contributed by atoms with Crippen molar-refractivity contribution < 1.29 is 9.59 Å². The molecule has 7 heteroatoms. The molecule has 0 bridgehead atoms. The standard InChI is InChI=1S/C15H21N5O2/c1-15(2,3)14(22)17-10-13(21)16-8-7-12-19-18-11-6-4-5-9-20(11)12/h4-6,9H,7-8,10H2,1-3H3,(H,16,21)(H,17,22). The van der Waals surface area contributed by atoms with Crippen LogP contribution in [0.3, 0.4) is 0 Å². The van der Waals surface area contributed by atoms with Gasteiger partial charge in [0.25, 0.3) is 0 Å². The van der Waals surface area contributed by atoms with Crippen LogP contribution in [0.25, 0.3) is 5.65 Å². The Hall–Kier alpha value is -2.44. The van der Waals surface area contributed by atoms with Gasteiger partial charge in [-0.1, -0.05) is 26.8 Å². The van der Waals surface area contributed by atoms with E-state index in [1.54, 1.807) is 20.8 Å². The van der Waals surface area contributed by atoms with Crippen molar-refractivity contribution >= 4 is 17.5 Å². The Bertz CT molecular complexity index is 672. The predicted molar refractivity (Wildman–Crippen MR) is 82.2 cm³/mol. The smallest absolute Gasteiger partial charge is 0.239 e. The molecule has 7 nitrogen and oxygen atoms in total. The molecule has 2 aromatic rings. The summed E-state index contributed by atoms with van der Waals surface area (Å²) in [6.45, 7) is 5.83. The topological polar surface area (TPSA) is 88.4 Å². The summed E-state index contributed by atoms with van der Waals surface area (Å²) in [6, 6.07) is 5.67. The fourth-order valence-corrected chi connectivity index (χ4v) is 1.86. The van der Waals surface area contributed by atoms with Crippen LogP contribution >= 0.6 is 0 Å². The molecule has 0 radical (unpaired) electrons. The van der Waals surface area contributed by atoms with Crippen molar-refractivity contribution in [1.82, 2.24) is 25.2 Å². The van der Waals surface area contributed by atoms with Crippen LogP contribution in [0.1, 0.15) is 26.6 Å². The number of pyridine rings is 1. The van der Waals surface area contributed by atoms with Gasteiger partial charge in [-0.25, -0.2) is 0 Å². The number of hydrogen-bond donors (Lipinski definition) is 2. The number of carbonyl (C=O) groups excluding carboxylic acids is 2. The molecule has 0 saturated heterocycles. The second-order valence-electron chi connectivity index (χ2n) is 6.08. The van der Waals surface area contributed by atoms with E-state index >= 15 is 0 Å². The van der Waals surface area contributed by atoms with Gasteiger partial charge < -0.3 is 10.6 Å². The first-order chi connectivity index (χ1) is 10.4. The Kier molecular flexibility index (Phi) is 4.75. The molecule has 0 aromatic carbocycles. The molecule has 2 rings (SSSR count). The third-order valence-corrected chi connectivity index (χ3v) is 3.15. The summed E-state index contributed by atoms with van der Waals surface area (Å²) < 4.78 is 1.88. The molecule has 0 spiro atoms. The average Bonchev–Trinajstić information content (AvgIpc) is 2.87. The number of amides is 2. The van der Waals surface area contributed by atoms with Crippen LogP contribution in [0.4, 0.5) is 0 Å². The van der Waals surface area contributed by atoms with Gasteiger partial charge in [-0.05, 0) is 12.1 Å². The number of nitrogens with zero attached hydrogens (tertiary/aromatic N) is 3. The molecule has 0 aliphatic rings. The Balaban J connectivity index is 1.77. The van der Waals surface area contributed by atoms with Crippen molar-refractivity contribution in [2.24, 2.45) is 5.41 Å². The van der Waals surface area contributed by atoms with Crippen molar-refractivity contribution in [2.45, 2.75) is 27.2 Å². The molecule has 2 aromatic heterocycles. The fourth-order valence-electron chi connectivity index (χ4n) is 1.86. The van der Waals surface area contributed by atoms with Gasteiger partial charge in [-0.3, -0.25) is 14.0 Å². The van der Waals surface area contributed by atoms with Gasteiger partial charge in [0, 0.05) is 24.6 Å². The minimum Gasteiger partial charge on any atom is -0.354 e. The molecule has 0 saturated carbocycles. The summed E-state index contributed by atoms with van der Waals surface area (Å²) in [7, 11) is 0. The lowest BCUT2D eigenvalue weighted by Gasteiger charge is -2.17. The summed E-state index contributed by atoms with van der Waals surface area (Å²) in [5.74, 6) is 0.423. The van der Waals surface area contributed by atoms with E-state index in [-0.39, 0.29) is 18.4 Å². The van der Waals surface area contributed by atoms with Crippen LogP contribution in [0, 0.1) is 5.41 Å². The van der Waals surface area contributed by atoms with Gasteiger partial charge in [0.2, 0.25) is 11.8 Å². The van der Waals surface area contributed by atoms with Crippen LogP contribution in [-0.2, 0) is 16.0 Å². The Morgan fingerprint density at radius 3 is 2.68 bits per heavy atom. The average molecular weight is 303 g/mol. The Morgan fingerprint density at radius 2 is 1.95 bits per heavy atom. The van der Waals surface area contributed by atoms with Crippen molar-refractivity contribution in [1.29, 1.82) is 0 Å². The minimum atomic E-state index is -0.499. The first-order valence-electron chi connectivity index (χ1n) is 7.21. The highest BCUT2D eigenvalue weighted by Gasteiger charge is 2.21. The second-order valence-corrected chi connectivity index (χ2v) is 6.08. The maximum Gasteiger partial charge on any atom is 0.239 e.